The summed E-state index contributed by atoms with van der Waals surface area (Å²) in [7, 11) is 0. The van der Waals surface area contributed by atoms with Crippen LogP contribution in [0.25, 0.3) is 10.4 Å². The van der Waals surface area contributed by atoms with E-state index in [1.54, 1.807) is 17.4 Å². The van der Waals surface area contributed by atoms with Crippen LogP contribution in [0.1, 0.15) is 85.6 Å². The Morgan fingerprint density at radius 1 is 1.02 bits per heavy atom. The molecule has 1 aromatic heterocycles. The summed E-state index contributed by atoms with van der Waals surface area (Å²) >= 11 is 1.61. The van der Waals surface area contributed by atoms with Gasteiger partial charge in [-0.05, 0) is 66.7 Å². The van der Waals surface area contributed by atoms with Crippen LogP contribution in [0, 0.1) is 36.0 Å². The van der Waals surface area contributed by atoms with Crippen LogP contribution in [-0.2, 0) is 46.4 Å². The molecule has 3 heterocycles. The van der Waals surface area contributed by atoms with Gasteiger partial charge in [0.15, 0.2) is 5.78 Å². The molecule has 13 nitrogen and oxygen atoms in total. The summed E-state index contributed by atoms with van der Waals surface area (Å²) in [5, 5.41) is 8.62. The molecule has 2 aliphatic heterocycles. The van der Waals surface area contributed by atoms with Crippen molar-refractivity contribution in [1.82, 2.24) is 25.8 Å². The zero-order valence-corrected chi connectivity index (χ0v) is 36.4. The van der Waals surface area contributed by atoms with E-state index in [0.717, 1.165) is 39.2 Å². The number of piperidine rings is 1. The highest BCUT2D eigenvalue weighted by molar-refractivity contribution is 7.13. The van der Waals surface area contributed by atoms with Crippen LogP contribution in [0.5, 0.6) is 0 Å². The number of carbonyl (C=O) groups excluding carboxylic acids is 5. The first kappa shape index (κ1) is 45.3. The van der Waals surface area contributed by atoms with Crippen molar-refractivity contribution in [3.8, 4) is 22.3 Å². The average molecular weight is 852 g/mol. The number of likely N-dealkylation sites (tertiary alicyclic amines) is 1. The van der Waals surface area contributed by atoms with E-state index in [-0.39, 0.29) is 92.0 Å². The minimum atomic E-state index is -0.416. The zero-order chi connectivity index (χ0) is 43.5. The molecule has 3 aromatic rings. The first-order valence-electron chi connectivity index (χ1n) is 21.0. The molecule has 324 valence electrons. The lowest BCUT2D eigenvalue weighted by Crippen LogP contribution is -2.52. The minimum Gasteiger partial charge on any atom is -0.377 e. The second-order valence-electron chi connectivity index (χ2n) is 16.9. The van der Waals surface area contributed by atoms with E-state index in [4.69, 9.17) is 14.2 Å². The molecule has 0 radical (unpaired) electrons. The standard InChI is InChI=1S/C47H57N5O8S/c1-30-43(61-29-49-30)34-15-13-32(14-16-34)27-48-46(57)39-12-7-19-52(39)31(2)44(47(3,4)5)50-42(55)28-60-24-23-59-22-21-58-20-8-10-33-9-6-11-37-38(33)25-35(26-40(37)53)36-17-18-41(54)51-45(36)56/h6,9,11,13-16,29,35-36,39,44H,2,7,12,17-28H2,1,3-5H3,(H,48,57)(H,50,55)(H,51,54,56)/t35?,36?,39-,44+/m0/s1. The second kappa shape index (κ2) is 21.1. The Balaban J connectivity index is 0.873. The molecule has 1 aliphatic carbocycles. The topological polar surface area (TPSA) is 165 Å². The predicted octanol–water partition coefficient (Wildman–Crippen LogP) is 5.14. The van der Waals surface area contributed by atoms with Gasteiger partial charge in [0, 0.05) is 48.7 Å². The summed E-state index contributed by atoms with van der Waals surface area (Å²) in [5.74, 6) is 4.68. The van der Waals surface area contributed by atoms with E-state index >= 15 is 0 Å². The number of imide groups is 1. The molecule has 2 saturated heterocycles. The number of nitrogens with one attached hydrogen (secondary N) is 3. The summed E-state index contributed by atoms with van der Waals surface area (Å²) in [6.45, 7) is 14.7. The number of fused-ring (bicyclic) bond motifs is 1. The Morgan fingerprint density at radius 3 is 2.49 bits per heavy atom. The van der Waals surface area contributed by atoms with Crippen LogP contribution in [0.3, 0.4) is 0 Å². The molecule has 6 rings (SSSR count). The number of amides is 4. The largest absolute Gasteiger partial charge is 0.377 e. The number of ether oxygens (including phenoxy) is 3. The van der Waals surface area contributed by atoms with E-state index in [2.05, 4.69) is 51.5 Å². The van der Waals surface area contributed by atoms with Gasteiger partial charge in [0.05, 0.1) is 48.6 Å². The molecule has 0 saturated carbocycles. The van der Waals surface area contributed by atoms with Crippen LogP contribution >= 0.6 is 11.3 Å². The molecule has 2 aromatic carbocycles. The summed E-state index contributed by atoms with van der Waals surface area (Å²) in [6.07, 6.45) is 3.12. The van der Waals surface area contributed by atoms with Gasteiger partial charge in [-0.15, -0.1) is 11.3 Å². The number of carbonyl (C=O) groups is 5. The molecule has 4 atom stereocenters. The maximum atomic E-state index is 13.5. The number of benzene rings is 2. The van der Waals surface area contributed by atoms with E-state index < -0.39 is 6.04 Å². The van der Waals surface area contributed by atoms with Crippen molar-refractivity contribution in [3.63, 3.8) is 0 Å². The van der Waals surface area contributed by atoms with Crippen LogP contribution in [0.15, 0.2) is 60.3 Å². The van der Waals surface area contributed by atoms with Crippen molar-refractivity contribution < 1.29 is 38.2 Å². The third kappa shape index (κ3) is 12.0. The molecular formula is C47H57N5O8S. The van der Waals surface area contributed by atoms with E-state index in [1.165, 1.54) is 0 Å². The molecule has 0 spiro atoms. The maximum Gasteiger partial charge on any atom is 0.246 e. The van der Waals surface area contributed by atoms with Crippen LogP contribution in [0.2, 0.25) is 0 Å². The Morgan fingerprint density at radius 2 is 1.77 bits per heavy atom. The monoisotopic (exact) mass is 851 g/mol. The third-order valence-electron chi connectivity index (χ3n) is 11.5. The molecule has 61 heavy (non-hydrogen) atoms. The number of aromatic nitrogens is 1. The Labute approximate surface area is 362 Å². The number of ketones is 1. The van der Waals surface area contributed by atoms with Gasteiger partial charge in [-0.3, -0.25) is 29.3 Å². The number of aryl methyl sites for hydroxylation is 1. The van der Waals surface area contributed by atoms with Crippen molar-refractivity contribution >= 4 is 40.7 Å². The van der Waals surface area contributed by atoms with Crippen LogP contribution in [0.4, 0.5) is 0 Å². The second-order valence-corrected chi connectivity index (χ2v) is 17.7. The van der Waals surface area contributed by atoms with Gasteiger partial charge in [-0.25, -0.2) is 4.98 Å². The zero-order valence-electron chi connectivity index (χ0n) is 35.6. The third-order valence-corrected chi connectivity index (χ3v) is 12.5. The Kier molecular flexibility index (Phi) is 15.6. The fourth-order valence-corrected chi connectivity index (χ4v) is 9.09. The van der Waals surface area contributed by atoms with Crippen LogP contribution in [-0.4, -0.2) is 97.6 Å². The minimum absolute atomic E-state index is 0.0104. The fourth-order valence-electron chi connectivity index (χ4n) is 8.28. The SMILES string of the molecule is C=C([C@@H](NC(=O)COCCOCCOCC#Cc1cccc2c1CC(C1CCC(=O)NC1=O)CC2=O)C(C)(C)C)N1CCC[C@H]1C(=O)NCc1ccc(-c2scnc2C)cc1. The smallest absolute Gasteiger partial charge is 0.246 e. The molecule has 2 unspecified atom stereocenters. The molecule has 4 amide bonds. The highest BCUT2D eigenvalue weighted by atomic mass is 32.1. The number of hydrogen-bond donors (Lipinski definition) is 3. The molecule has 0 bridgehead atoms. The lowest BCUT2D eigenvalue weighted by Gasteiger charge is -2.39. The van der Waals surface area contributed by atoms with Crippen molar-refractivity contribution in [1.29, 1.82) is 0 Å². The average Bonchev–Trinajstić information content (AvgIpc) is 3.90. The number of thiazole rings is 1. The first-order chi connectivity index (χ1) is 29.3. The molecule has 2 fully saturated rings. The van der Waals surface area contributed by atoms with Crippen molar-refractivity contribution in [2.75, 3.05) is 46.2 Å². The summed E-state index contributed by atoms with van der Waals surface area (Å²) in [5.41, 5.74) is 7.51. The summed E-state index contributed by atoms with van der Waals surface area (Å²) in [6, 6.07) is 12.9. The Bertz CT molecular complexity index is 2150. The van der Waals surface area contributed by atoms with Gasteiger partial charge in [-0.2, -0.15) is 0 Å². The number of Topliss-reactive ketones (excluding diaryl/α,β-unsaturated/α-hetero) is 1. The predicted molar refractivity (Wildman–Crippen MR) is 232 cm³/mol. The molecular weight excluding hydrogens is 795 g/mol. The van der Waals surface area contributed by atoms with E-state index in [0.29, 0.717) is 56.8 Å². The highest BCUT2D eigenvalue weighted by Gasteiger charge is 2.39. The van der Waals surface area contributed by atoms with Gasteiger partial charge in [-0.1, -0.05) is 75.6 Å². The molecule has 14 heteroatoms. The number of hydrogen-bond acceptors (Lipinski definition) is 11. The van der Waals surface area contributed by atoms with E-state index in [9.17, 15) is 24.0 Å². The highest BCUT2D eigenvalue weighted by Crippen LogP contribution is 2.36. The van der Waals surface area contributed by atoms with E-state index in [1.807, 2.05) is 62.4 Å². The quantitative estimate of drug-likeness (QED) is 0.0941. The van der Waals surface area contributed by atoms with Gasteiger partial charge in [0.25, 0.3) is 0 Å². The lowest BCUT2D eigenvalue weighted by atomic mass is 9.72. The van der Waals surface area contributed by atoms with Crippen LogP contribution < -0.4 is 16.0 Å². The molecule has 3 aliphatic rings. The summed E-state index contributed by atoms with van der Waals surface area (Å²) in [4.78, 5) is 71.1. The number of nitrogens with zero attached hydrogens (tertiary/aromatic N) is 2. The normalized spacial score (nSPS) is 19.4. The van der Waals surface area contributed by atoms with Crippen molar-refractivity contribution in [3.05, 3.63) is 88.2 Å². The first-order valence-corrected chi connectivity index (χ1v) is 21.9. The van der Waals surface area contributed by atoms with Gasteiger partial charge in [0.2, 0.25) is 23.6 Å². The van der Waals surface area contributed by atoms with Gasteiger partial charge in [0.1, 0.15) is 19.3 Å². The van der Waals surface area contributed by atoms with Gasteiger partial charge < -0.3 is 29.7 Å². The molecule has 3 N–H and O–H groups in total. The Hall–Kier alpha value is -5.20. The fraction of sp³-hybridized carbons (Fsp3) is 0.489. The maximum absolute atomic E-state index is 13.5. The van der Waals surface area contributed by atoms with Crippen molar-refractivity contribution in [2.24, 2.45) is 17.3 Å². The van der Waals surface area contributed by atoms with Gasteiger partial charge >= 0.3 is 0 Å². The lowest BCUT2D eigenvalue weighted by molar-refractivity contribution is -0.138. The number of rotatable bonds is 17. The van der Waals surface area contributed by atoms with Crippen molar-refractivity contribution in [2.45, 2.75) is 84.8 Å². The summed E-state index contributed by atoms with van der Waals surface area (Å²) < 4.78 is 16.9.